The van der Waals surface area contributed by atoms with E-state index in [2.05, 4.69) is 79.4 Å². The second-order valence-electron chi connectivity index (χ2n) is 6.97. The molecule has 1 heterocycles. The molecule has 0 spiro atoms. The predicted molar refractivity (Wildman–Crippen MR) is 94.2 cm³/mol. The highest BCUT2D eigenvalue weighted by molar-refractivity contribution is 5.26. The zero-order valence-electron chi connectivity index (χ0n) is 13.8. The van der Waals surface area contributed by atoms with Gasteiger partial charge in [-0.1, -0.05) is 74.5 Å². The van der Waals surface area contributed by atoms with Crippen LogP contribution in [0.3, 0.4) is 0 Å². The maximum atomic E-state index is 2.64. The summed E-state index contributed by atoms with van der Waals surface area (Å²) in [5.74, 6) is 0.694. The molecule has 1 nitrogen and oxygen atoms in total. The molecule has 0 bridgehead atoms. The molecule has 0 amide bonds. The third-order valence-corrected chi connectivity index (χ3v) is 5.56. The highest BCUT2D eigenvalue weighted by atomic mass is 15.1. The van der Waals surface area contributed by atoms with Gasteiger partial charge in [-0.25, -0.2) is 0 Å². The molecule has 0 aliphatic carbocycles. The first-order valence-corrected chi connectivity index (χ1v) is 8.50. The summed E-state index contributed by atoms with van der Waals surface area (Å²) < 4.78 is 0. The van der Waals surface area contributed by atoms with Crippen molar-refractivity contribution in [3.63, 3.8) is 0 Å². The number of hydrogen-bond donors (Lipinski definition) is 0. The van der Waals surface area contributed by atoms with E-state index in [1.807, 2.05) is 0 Å². The lowest BCUT2D eigenvalue weighted by Gasteiger charge is -2.45. The van der Waals surface area contributed by atoms with Gasteiger partial charge in [-0.2, -0.15) is 0 Å². The van der Waals surface area contributed by atoms with Crippen molar-refractivity contribution in [2.45, 2.75) is 32.1 Å². The molecule has 116 valence electrons. The number of likely N-dealkylation sites (tertiary alicyclic amines) is 1. The topological polar surface area (TPSA) is 3.24 Å². The summed E-state index contributed by atoms with van der Waals surface area (Å²) >= 11 is 0. The summed E-state index contributed by atoms with van der Waals surface area (Å²) in [5, 5.41) is 0. The Hall–Kier alpha value is -1.60. The first kappa shape index (κ1) is 15.3. The van der Waals surface area contributed by atoms with Gasteiger partial charge in [0.2, 0.25) is 0 Å². The van der Waals surface area contributed by atoms with Crippen LogP contribution in [0.5, 0.6) is 0 Å². The van der Waals surface area contributed by atoms with Crippen molar-refractivity contribution in [1.82, 2.24) is 4.90 Å². The van der Waals surface area contributed by atoms with Crippen LogP contribution in [0.1, 0.15) is 31.4 Å². The molecule has 1 heteroatoms. The molecule has 2 aromatic rings. The maximum Gasteiger partial charge on any atom is 0.00219 e. The van der Waals surface area contributed by atoms with E-state index in [4.69, 9.17) is 0 Å². The van der Waals surface area contributed by atoms with Crippen molar-refractivity contribution in [2.24, 2.45) is 5.92 Å². The van der Waals surface area contributed by atoms with Gasteiger partial charge in [0, 0.05) is 13.1 Å². The fraction of sp³-hybridized carbons (Fsp3) is 0.429. The van der Waals surface area contributed by atoms with Crippen LogP contribution in [0.4, 0.5) is 0 Å². The largest absolute Gasteiger partial charge is 0.303 e. The summed E-state index contributed by atoms with van der Waals surface area (Å²) in [6.45, 7) is 8.46. The zero-order valence-corrected chi connectivity index (χ0v) is 13.8. The highest BCUT2D eigenvalue weighted by Crippen LogP contribution is 2.39. The van der Waals surface area contributed by atoms with E-state index in [0.29, 0.717) is 11.3 Å². The van der Waals surface area contributed by atoms with Crippen molar-refractivity contribution in [3.8, 4) is 0 Å². The van der Waals surface area contributed by atoms with E-state index in [-0.39, 0.29) is 0 Å². The molecule has 1 fully saturated rings. The fourth-order valence-corrected chi connectivity index (χ4v) is 3.70. The van der Waals surface area contributed by atoms with Gasteiger partial charge in [0.1, 0.15) is 0 Å². The minimum atomic E-state index is 0.324. The van der Waals surface area contributed by atoms with E-state index >= 15 is 0 Å². The van der Waals surface area contributed by atoms with Gasteiger partial charge in [-0.3, -0.25) is 0 Å². The molecule has 0 aromatic heterocycles. The van der Waals surface area contributed by atoms with Crippen LogP contribution in [-0.4, -0.2) is 24.5 Å². The van der Waals surface area contributed by atoms with Gasteiger partial charge < -0.3 is 4.90 Å². The molecular weight excluding hydrogens is 266 g/mol. The summed E-state index contributed by atoms with van der Waals surface area (Å²) in [6.07, 6.45) is 2.42. The second-order valence-corrected chi connectivity index (χ2v) is 6.97. The molecule has 2 atom stereocenters. The first-order chi connectivity index (χ1) is 10.7. The van der Waals surface area contributed by atoms with Crippen molar-refractivity contribution < 1.29 is 0 Å². The smallest absolute Gasteiger partial charge is 0.00219 e. The molecule has 0 N–H and O–H groups in total. The molecule has 0 radical (unpaired) electrons. The second kappa shape index (κ2) is 6.66. The number of piperidine rings is 1. The van der Waals surface area contributed by atoms with E-state index < -0.39 is 0 Å². The van der Waals surface area contributed by atoms with Gasteiger partial charge in [0.15, 0.2) is 0 Å². The summed E-state index contributed by atoms with van der Waals surface area (Å²) in [4.78, 5) is 2.64. The van der Waals surface area contributed by atoms with Gasteiger partial charge in [0.25, 0.3) is 0 Å². The molecule has 1 aliphatic rings. The number of benzene rings is 2. The molecule has 1 saturated heterocycles. The summed E-state index contributed by atoms with van der Waals surface area (Å²) in [7, 11) is 0. The van der Waals surface area contributed by atoms with Crippen molar-refractivity contribution in [1.29, 1.82) is 0 Å². The van der Waals surface area contributed by atoms with E-state index in [0.717, 1.165) is 6.42 Å². The third kappa shape index (κ3) is 3.25. The SMILES string of the molecule is CC1CN(CCc2ccccc2)CCC1(C)c1ccccc1. The third-order valence-electron chi connectivity index (χ3n) is 5.56. The summed E-state index contributed by atoms with van der Waals surface area (Å²) in [5.41, 5.74) is 3.28. The normalized spacial score (nSPS) is 26.0. The van der Waals surface area contributed by atoms with Crippen molar-refractivity contribution >= 4 is 0 Å². The van der Waals surface area contributed by atoms with Crippen molar-refractivity contribution in [2.75, 3.05) is 19.6 Å². The zero-order chi connectivity index (χ0) is 15.4. The van der Waals surface area contributed by atoms with Crippen LogP contribution in [0, 0.1) is 5.92 Å². The average Bonchev–Trinajstić information content (AvgIpc) is 2.58. The number of rotatable bonds is 4. The van der Waals surface area contributed by atoms with Crippen molar-refractivity contribution in [3.05, 3.63) is 71.8 Å². The molecule has 2 aromatic carbocycles. The van der Waals surface area contributed by atoms with Gasteiger partial charge in [-0.15, -0.1) is 0 Å². The first-order valence-electron chi connectivity index (χ1n) is 8.50. The Morgan fingerprint density at radius 3 is 2.27 bits per heavy atom. The standard InChI is InChI=1S/C21H27N/c1-18-17-22(15-13-19-9-5-3-6-10-19)16-14-21(18,2)20-11-7-4-8-12-20/h3-12,18H,13-17H2,1-2H3. The average molecular weight is 293 g/mol. The Morgan fingerprint density at radius 1 is 1.00 bits per heavy atom. The summed E-state index contributed by atoms with van der Waals surface area (Å²) in [6, 6.07) is 21.9. The molecule has 2 unspecified atom stereocenters. The maximum absolute atomic E-state index is 2.64. The Labute approximate surface area is 135 Å². The Kier molecular flexibility index (Phi) is 4.63. The highest BCUT2D eigenvalue weighted by Gasteiger charge is 2.37. The molecule has 0 saturated carbocycles. The van der Waals surface area contributed by atoms with Crippen LogP contribution >= 0.6 is 0 Å². The monoisotopic (exact) mass is 293 g/mol. The minimum absolute atomic E-state index is 0.324. The lowest BCUT2D eigenvalue weighted by molar-refractivity contribution is 0.112. The Bertz CT molecular complexity index is 577. The number of nitrogens with zero attached hydrogens (tertiary/aromatic N) is 1. The number of hydrogen-bond acceptors (Lipinski definition) is 1. The lowest BCUT2D eigenvalue weighted by Crippen LogP contribution is -2.47. The van der Waals surface area contributed by atoms with E-state index in [9.17, 15) is 0 Å². The van der Waals surface area contributed by atoms with Gasteiger partial charge >= 0.3 is 0 Å². The molecular formula is C21H27N. The fourth-order valence-electron chi connectivity index (χ4n) is 3.70. The van der Waals surface area contributed by atoms with Crippen LogP contribution in [0.25, 0.3) is 0 Å². The van der Waals surface area contributed by atoms with Crippen LogP contribution in [-0.2, 0) is 11.8 Å². The Balaban J connectivity index is 1.60. The quantitative estimate of drug-likeness (QED) is 0.800. The van der Waals surface area contributed by atoms with Crippen LogP contribution < -0.4 is 0 Å². The van der Waals surface area contributed by atoms with Crippen LogP contribution in [0.2, 0.25) is 0 Å². The molecule has 1 aliphatic heterocycles. The van der Waals surface area contributed by atoms with Gasteiger partial charge in [0.05, 0.1) is 0 Å². The molecule has 22 heavy (non-hydrogen) atoms. The van der Waals surface area contributed by atoms with E-state index in [1.54, 1.807) is 0 Å². The van der Waals surface area contributed by atoms with E-state index in [1.165, 1.54) is 37.2 Å². The minimum Gasteiger partial charge on any atom is -0.303 e. The lowest BCUT2D eigenvalue weighted by atomic mass is 9.68. The Morgan fingerprint density at radius 2 is 1.64 bits per heavy atom. The van der Waals surface area contributed by atoms with Crippen LogP contribution in [0.15, 0.2) is 60.7 Å². The molecule has 3 rings (SSSR count). The van der Waals surface area contributed by atoms with Gasteiger partial charge in [-0.05, 0) is 41.8 Å². The predicted octanol–water partition coefficient (Wildman–Crippen LogP) is 4.53.